The number of carbonyl (C=O) groups is 3. The summed E-state index contributed by atoms with van der Waals surface area (Å²) in [6.45, 7) is 0.317. The van der Waals surface area contributed by atoms with Gasteiger partial charge in [0.05, 0.1) is 0 Å². The second kappa shape index (κ2) is 15.7. The van der Waals surface area contributed by atoms with Crippen LogP contribution in [0, 0.1) is 0 Å². The fourth-order valence-corrected chi connectivity index (χ4v) is 15.4. The van der Waals surface area contributed by atoms with Crippen LogP contribution in [0.15, 0.2) is 145 Å². The molecule has 8 aliphatic carbocycles. The van der Waals surface area contributed by atoms with E-state index in [0.29, 0.717) is 41.7 Å². The molecule has 0 spiro atoms. The van der Waals surface area contributed by atoms with Gasteiger partial charge in [0, 0.05) is 75.3 Å². The number of fused-ring (bicyclic) bond motifs is 32. The van der Waals surface area contributed by atoms with Crippen molar-refractivity contribution in [1.82, 2.24) is 10.3 Å². The quantitative estimate of drug-likeness (QED) is 0.0746. The smallest absolute Gasteiger partial charge is 0.437 e. The van der Waals surface area contributed by atoms with Gasteiger partial charge in [0.2, 0.25) is 5.96 Å². The third kappa shape index (κ3) is 6.15. The van der Waals surface area contributed by atoms with Crippen LogP contribution in [-0.4, -0.2) is 34.0 Å². The van der Waals surface area contributed by atoms with Crippen LogP contribution in [0.2, 0.25) is 0 Å². The number of ether oxygens (including phenoxy) is 2. The van der Waals surface area contributed by atoms with Crippen LogP contribution in [0.25, 0.3) is 0 Å². The number of phenols is 1. The van der Waals surface area contributed by atoms with Crippen molar-refractivity contribution in [1.29, 1.82) is 0 Å². The first-order valence-corrected chi connectivity index (χ1v) is 26.3. The zero-order valence-corrected chi connectivity index (χ0v) is 40.7. The topological polar surface area (TPSA) is 168 Å². The largest absolute Gasteiger partial charge is 0.507 e. The summed E-state index contributed by atoms with van der Waals surface area (Å²) in [5, 5.41) is 18.1. The molecule has 11 heteroatoms. The van der Waals surface area contributed by atoms with Crippen LogP contribution in [0.4, 0.5) is 10.5 Å². The monoisotopic (exact) mass is 983 g/mol. The number of aromatic hydroxyl groups is 1. The summed E-state index contributed by atoms with van der Waals surface area (Å²) in [5.74, 6) is 2.09. The third-order valence-electron chi connectivity index (χ3n) is 18.4. The first-order chi connectivity index (χ1) is 36.7. The van der Waals surface area contributed by atoms with Crippen LogP contribution in [0.5, 0.6) is 11.5 Å². The number of hydrogen-bond acceptors (Lipinski definition) is 6. The number of nitrogens with two attached hydrogens (primary N) is 1. The van der Waals surface area contributed by atoms with Crippen LogP contribution < -0.4 is 21.1 Å². The van der Waals surface area contributed by atoms with E-state index in [-0.39, 0.29) is 41.7 Å². The van der Waals surface area contributed by atoms with Gasteiger partial charge < -0.3 is 30.6 Å². The SMILES string of the molecule is N/C(=N\C(=O)OCc1ccccc1)NC(=O)c1ccc(C(=O)Nc2ccc(COc3c4c(c(O)c5c3[C@H]3C[C@@H]5c5cc6c(cc53)[C@H]3C[C@@H]6c5ccccc53)[C@H]3C[C@@H]4c4cc5c(cc43)[C@H]3C[C@@H]5c4ccccc43)cc2)[nH]1. The van der Waals surface area contributed by atoms with Gasteiger partial charge in [0.15, 0.2) is 0 Å². The maximum absolute atomic E-state index is 13.4. The van der Waals surface area contributed by atoms with Crippen molar-refractivity contribution in [2.24, 2.45) is 10.7 Å². The zero-order chi connectivity index (χ0) is 50.0. The lowest BCUT2D eigenvalue weighted by molar-refractivity contribution is 0.0972. The number of H-pyrrole nitrogens is 1. The van der Waals surface area contributed by atoms with E-state index in [1.54, 1.807) is 12.1 Å². The van der Waals surface area contributed by atoms with Gasteiger partial charge in [-0.2, -0.15) is 0 Å². The molecule has 3 amide bonds. The average Bonchev–Trinajstić information content (AvgIpc) is 4.50. The molecule has 11 nitrogen and oxygen atoms in total. The molecule has 16 rings (SSSR count). The van der Waals surface area contributed by atoms with Crippen molar-refractivity contribution < 1.29 is 29.0 Å². The maximum atomic E-state index is 13.4. The minimum Gasteiger partial charge on any atom is -0.507 e. The van der Waals surface area contributed by atoms with Gasteiger partial charge in [0.1, 0.15) is 36.1 Å². The van der Waals surface area contributed by atoms with E-state index in [1.807, 2.05) is 42.5 Å². The molecule has 366 valence electrons. The van der Waals surface area contributed by atoms with E-state index in [9.17, 15) is 19.5 Å². The molecule has 0 radical (unpaired) electrons. The Morgan fingerprint density at radius 3 is 1.44 bits per heavy atom. The fraction of sp³-hybridized carbons (Fsp3) is 0.219. The summed E-state index contributed by atoms with van der Waals surface area (Å²) in [6, 6.07) is 47.8. The lowest BCUT2D eigenvalue weighted by Gasteiger charge is -2.32. The standard InChI is InChI=1S/C64H49N5O6/c65-63(69-64(73)75-29-30-8-2-1-3-9-30)68-62(72)54-19-18-53(67-54)61(71)66-32-16-14-31(15-17-32)28-74-60-57-51-26-49(45-22-41-37-20-39(43(41)24-47(45)51)35-12-6-4-10-33(35)37)55(57)59(70)56-50-27-52(58(56)60)48-25-44-40-21-38(42(44)23-46(48)50)34-11-5-7-13-36(34)40/h1-19,22-25,37-40,49-52,67,70H,20-21,26-29H2,(H,66,71)(H3,65,68,69,72,73)/t37-,38+,39+,40-,49-,50+,51+,52-. The number of amides is 3. The van der Waals surface area contributed by atoms with E-state index >= 15 is 0 Å². The van der Waals surface area contributed by atoms with Gasteiger partial charge in [-0.25, -0.2) is 4.79 Å². The number of guanidine groups is 1. The van der Waals surface area contributed by atoms with Crippen molar-refractivity contribution in [3.05, 3.63) is 251 Å². The third-order valence-corrected chi connectivity index (χ3v) is 18.4. The molecular formula is C64H49N5O6. The number of aromatic nitrogens is 1. The number of aliphatic imine (C=N–C) groups is 1. The Balaban J connectivity index is 0.675. The molecule has 0 unspecified atom stereocenters. The van der Waals surface area contributed by atoms with Gasteiger partial charge in [0.25, 0.3) is 11.8 Å². The Kier molecular flexibility index (Phi) is 8.93. The van der Waals surface area contributed by atoms with Crippen LogP contribution in [-0.2, 0) is 18.0 Å². The highest BCUT2D eigenvalue weighted by Crippen LogP contribution is 2.71. The number of phenolic OH excluding ortho intramolecular Hbond substituents is 1. The van der Waals surface area contributed by atoms with Crippen molar-refractivity contribution in [3.63, 3.8) is 0 Å². The second-order valence-electron chi connectivity index (χ2n) is 21.9. The predicted octanol–water partition coefficient (Wildman–Crippen LogP) is 11.9. The highest BCUT2D eigenvalue weighted by molar-refractivity contribution is 6.08. The lowest BCUT2D eigenvalue weighted by atomic mass is 9.74. The second-order valence-corrected chi connectivity index (χ2v) is 21.9. The van der Waals surface area contributed by atoms with E-state index in [1.165, 1.54) is 90.0 Å². The van der Waals surface area contributed by atoms with E-state index in [0.717, 1.165) is 53.7 Å². The number of carbonyl (C=O) groups excluding carboxylic acids is 3. The summed E-state index contributed by atoms with van der Waals surface area (Å²) >= 11 is 0. The Hall–Kier alpha value is -8.70. The fourth-order valence-electron chi connectivity index (χ4n) is 15.4. The molecule has 7 aromatic carbocycles. The highest BCUT2D eigenvalue weighted by atomic mass is 16.5. The minimum atomic E-state index is -0.953. The first-order valence-electron chi connectivity index (χ1n) is 26.3. The molecule has 8 bridgehead atoms. The number of rotatable bonds is 8. The Morgan fingerprint density at radius 1 is 0.507 bits per heavy atom. The van der Waals surface area contributed by atoms with Crippen molar-refractivity contribution >= 4 is 29.6 Å². The van der Waals surface area contributed by atoms with Crippen molar-refractivity contribution in [3.8, 4) is 11.5 Å². The first kappa shape index (κ1) is 42.8. The molecule has 8 aromatic rings. The average molecular weight is 984 g/mol. The molecular weight excluding hydrogens is 935 g/mol. The van der Waals surface area contributed by atoms with Crippen molar-refractivity contribution in [2.45, 2.75) is 86.2 Å². The van der Waals surface area contributed by atoms with Crippen LogP contribution >= 0.6 is 0 Å². The number of nitrogens with zero attached hydrogens (tertiary/aromatic N) is 1. The van der Waals surface area contributed by atoms with Gasteiger partial charge in [-0.3, -0.25) is 14.9 Å². The molecule has 0 saturated heterocycles. The molecule has 1 aromatic heterocycles. The number of anilines is 1. The zero-order valence-electron chi connectivity index (χ0n) is 40.7. The van der Waals surface area contributed by atoms with Crippen molar-refractivity contribution in [2.75, 3.05) is 5.32 Å². The number of hydrogen-bond donors (Lipinski definition) is 5. The number of aromatic amines is 1. The molecule has 8 aliphatic rings. The summed E-state index contributed by atoms with van der Waals surface area (Å²) in [5.41, 5.74) is 30.2. The van der Waals surface area contributed by atoms with E-state index in [4.69, 9.17) is 15.2 Å². The lowest BCUT2D eigenvalue weighted by Crippen LogP contribution is -2.37. The Bertz CT molecular complexity index is 3740. The molecule has 8 atom stereocenters. The van der Waals surface area contributed by atoms with E-state index in [2.05, 4.69) is 93.4 Å². The van der Waals surface area contributed by atoms with Gasteiger partial charge in [-0.05, 0) is 128 Å². The van der Waals surface area contributed by atoms with Gasteiger partial charge in [-0.15, -0.1) is 4.99 Å². The molecule has 1 heterocycles. The summed E-state index contributed by atoms with van der Waals surface area (Å²) in [6.07, 6.45) is 3.22. The van der Waals surface area contributed by atoms with E-state index < -0.39 is 23.9 Å². The van der Waals surface area contributed by atoms with Crippen LogP contribution in [0.3, 0.4) is 0 Å². The normalized spacial score (nSPS) is 23.2. The Morgan fingerprint density at radius 2 is 0.933 bits per heavy atom. The molecule has 6 N–H and O–H groups in total. The molecule has 0 saturated carbocycles. The Labute approximate surface area is 431 Å². The summed E-state index contributed by atoms with van der Waals surface area (Å²) < 4.78 is 12.4. The number of nitrogens with one attached hydrogen (secondary N) is 3. The maximum Gasteiger partial charge on any atom is 0.437 e. The minimum absolute atomic E-state index is 0.00326. The summed E-state index contributed by atoms with van der Waals surface area (Å²) in [7, 11) is 0. The van der Waals surface area contributed by atoms with Gasteiger partial charge >= 0.3 is 6.09 Å². The molecule has 0 aliphatic heterocycles. The molecule has 75 heavy (non-hydrogen) atoms. The highest BCUT2D eigenvalue weighted by Gasteiger charge is 2.55. The van der Waals surface area contributed by atoms with Gasteiger partial charge in [-0.1, -0.05) is 115 Å². The summed E-state index contributed by atoms with van der Waals surface area (Å²) in [4.78, 5) is 45.0. The molecule has 0 fully saturated rings. The predicted molar refractivity (Wildman–Crippen MR) is 282 cm³/mol. The van der Waals surface area contributed by atoms with Crippen LogP contribution in [0.1, 0.15) is 194 Å². The number of benzene rings is 7.